The van der Waals surface area contributed by atoms with E-state index in [9.17, 15) is 14.7 Å². The Bertz CT molecular complexity index is 850. The minimum atomic E-state index is -0.570. The molecule has 0 unspecified atom stereocenters. The Morgan fingerprint density at radius 2 is 1.88 bits per heavy atom. The largest absolute Gasteiger partial charge is 0.389 e. The maximum absolute atomic E-state index is 13.8. The molecule has 0 saturated heterocycles. The SMILES string of the molecule is C=C(CC[C@@H](C)[C@H]1CC[C@H]2C3=C(C(=O)C[C@]12C)[C@@]1(C)CCC(=O)[C@@H](C)[C@@H]1C[C@H]3O)C(C)C. The lowest BCUT2D eigenvalue weighted by atomic mass is 9.48. The van der Waals surface area contributed by atoms with Crippen LogP contribution in [0.4, 0.5) is 0 Å². The Hall–Kier alpha value is -1.22. The zero-order chi connectivity index (χ0) is 23.6. The number of Topliss-reactive ketones (excluding diaryl/α,β-unsaturated/α-hetero) is 2. The molecule has 4 rings (SSSR count). The molecule has 0 aromatic carbocycles. The first-order chi connectivity index (χ1) is 14.9. The molecule has 0 spiro atoms. The van der Waals surface area contributed by atoms with Crippen LogP contribution in [0.3, 0.4) is 0 Å². The first kappa shape index (κ1) is 23.9. The van der Waals surface area contributed by atoms with Gasteiger partial charge in [-0.05, 0) is 79.1 Å². The molecule has 178 valence electrons. The van der Waals surface area contributed by atoms with Gasteiger partial charge < -0.3 is 5.11 Å². The van der Waals surface area contributed by atoms with Gasteiger partial charge in [0.2, 0.25) is 0 Å². The number of hydrogen-bond acceptors (Lipinski definition) is 3. The normalized spacial score (nSPS) is 42.6. The van der Waals surface area contributed by atoms with E-state index >= 15 is 0 Å². The molecule has 0 radical (unpaired) electrons. The fourth-order valence-electron chi connectivity index (χ4n) is 8.40. The molecule has 0 aromatic heterocycles. The number of hydrogen-bond donors (Lipinski definition) is 1. The maximum atomic E-state index is 13.8. The second kappa shape index (κ2) is 8.22. The van der Waals surface area contributed by atoms with Crippen LogP contribution in [-0.2, 0) is 9.59 Å². The second-order valence-corrected chi connectivity index (χ2v) is 12.5. The van der Waals surface area contributed by atoms with Crippen molar-refractivity contribution in [2.45, 2.75) is 99.0 Å². The first-order valence-electron chi connectivity index (χ1n) is 13.1. The van der Waals surface area contributed by atoms with Crippen LogP contribution in [0.25, 0.3) is 0 Å². The maximum Gasteiger partial charge on any atom is 0.160 e. The number of ketones is 2. The van der Waals surface area contributed by atoms with Crippen LogP contribution in [0.15, 0.2) is 23.3 Å². The highest BCUT2D eigenvalue weighted by molar-refractivity contribution is 6.00. The average Bonchev–Trinajstić information content (AvgIpc) is 3.06. The third-order valence-corrected chi connectivity index (χ3v) is 10.5. The number of aliphatic hydroxyl groups is 1. The van der Waals surface area contributed by atoms with Gasteiger partial charge in [0.25, 0.3) is 0 Å². The molecule has 0 bridgehead atoms. The van der Waals surface area contributed by atoms with Crippen LogP contribution in [0.1, 0.15) is 92.9 Å². The lowest BCUT2D eigenvalue weighted by Gasteiger charge is -2.55. The Balaban J connectivity index is 1.65. The van der Waals surface area contributed by atoms with E-state index in [-0.39, 0.29) is 28.4 Å². The summed E-state index contributed by atoms with van der Waals surface area (Å²) in [5, 5.41) is 11.4. The van der Waals surface area contributed by atoms with Gasteiger partial charge in [-0.3, -0.25) is 9.59 Å². The van der Waals surface area contributed by atoms with Gasteiger partial charge in [-0.15, -0.1) is 0 Å². The van der Waals surface area contributed by atoms with E-state index in [0.29, 0.717) is 48.7 Å². The van der Waals surface area contributed by atoms with Crippen molar-refractivity contribution >= 4 is 11.6 Å². The van der Waals surface area contributed by atoms with Gasteiger partial charge in [-0.1, -0.05) is 53.7 Å². The Labute approximate surface area is 195 Å². The fraction of sp³-hybridized carbons (Fsp3) is 0.793. The molecular formula is C29H44O3. The van der Waals surface area contributed by atoms with Crippen LogP contribution in [0, 0.1) is 46.3 Å². The molecule has 4 aliphatic rings. The zero-order valence-electron chi connectivity index (χ0n) is 21.2. The van der Waals surface area contributed by atoms with Crippen molar-refractivity contribution in [2.75, 3.05) is 0 Å². The van der Waals surface area contributed by atoms with E-state index in [1.54, 1.807) is 0 Å². The second-order valence-electron chi connectivity index (χ2n) is 12.5. The van der Waals surface area contributed by atoms with E-state index in [1.807, 2.05) is 6.92 Å². The van der Waals surface area contributed by atoms with Gasteiger partial charge in [-0.25, -0.2) is 0 Å². The fourth-order valence-corrected chi connectivity index (χ4v) is 8.40. The third-order valence-electron chi connectivity index (χ3n) is 10.5. The van der Waals surface area contributed by atoms with E-state index < -0.39 is 6.10 Å². The van der Waals surface area contributed by atoms with Crippen molar-refractivity contribution in [1.29, 1.82) is 0 Å². The summed E-state index contributed by atoms with van der Waals surface area (Å²) in [5.74, 6) is 2.47. The molecule has 2 fully saturated rings. The molecule has 0 amide bonds. The Morgan fingerprint density at radius 3 is 2.53 bits per heavy atom. The predicted octanol–water partition coefficient (Wildman–Crippen LogP) is 6.30. The summed E-state index contributed by atoms with van der Waals surface area (Å²) in [5.41, 5.74) is 3.02. The summed E-state index contributed by atoms with van der Waals surface area (Å²) < 4.78 is 0. The third kappa shape index (κ3) is 3.49. The molecule has 3 heteroatoms. The molecule has 0 aromatic rings. The Morgan fingerprint density at radius 1 is 1.19 bits per heavy atom. The smallest absolute Gasteiger partial charge is 0.160 e. The van der Waals surface area contributed by atoms with Crippen LogP contribution in [-0.4, -0.2) is 22.8 Å². The number of carbonyl (C=O) groups excluding carboxylic acids is 2. The van der Waals surface area contributed by atoms with Gasteiger partial charge in [-0.2, -0.15) is 0 Å². The van der Waals surface area contributed by atoms with Gasteiger partial charge in [0.1, 0.15) is 5.78 Å². The van der Waals surface area contributed by atoms with Crippen molar-refractivity contribution in [3.8, 4) is 0 Å². The summed E-state index contributed by atoms with van der Waals surface area (Å²) >= 11 is 0. The summed E-state index contributed by atoms with van der Waals surface area (Å²) in [6.45, 7) is 17.6. The lowest BCUT2D eigenvalue weighted by Crippen LogP contribution is -2.54. The predicted molar refractivity (Wildman–Crippen MR) is 129 cm³/mol. The van der Waals surface area contributed by atoms with Gasteiger partial charge >= 0.3 is 0 Å². The van der Waals surface area contributed by atoms with Gasteiger partial charge in [0, 0.05) is 29.7 Å². The van der Waals surface area contributed by atoms with E-state index in [4.69, 9.17) is 0 Å². The molecule has 0 aliphatic heterocycles. The highest BCUT2D eigenvalue weighted by atomic mass is 16.3. The van der Waals surface area contributed by atoms with Gasteiger partial charge in [0.15, 0.2) is 5.78 Å². The molecule has 8 atom stereocenters. The zero-order valence-corrected chi connectivity index (χ0v) is 21.2. The molecule has 0 heterocycles. The number of carbonyl (C=O) groups is 2. The van der Waals surface area contributed by atoms with Gasteiger partial charge in [0.05, 0.1) is 6.10 Å². The van der Waals surface area contributed by atoms with Crippen LogP contribution >= 0.6 is 0 Å². The molecule has 4 aliphatic carbocycles. The molecule has 32 heavy (non-hydrogen) atoms. The summed E-state index contributed by atoms with van der Waals surface area (Å²) in [6, 6.07) is 0. The minimum Gasteiger partial charge on any atom is -0.389 e. The topological polar surface area (TPSA) is 54.4 Å². The number of allylic oxidation sites excluding steroid dienone is 2. The highest BCUT2D eigenvalue weighted by Gasteiger charge is 2.61. The van der Waals surface area contributed by atoms with E-state index in [0.717, 1.165) is 43.3 Å². The quantitative estimate of drug-likeness (QED) is 0.510. The molecule has 2 saturated carbocycles. The van der Waals surface area contributed by atoms with Crippen LogP contribution < -0.4 is 0 Å². The summed E-state index contributed by atoms with van der Waals surface area (Å²) in [7, 11) is 0. The average molecular weight is 441 g/mol. The van der Waals surface area contributed by atoms with Crippen molar-refractivity contribution in [3.05, 3.63) is 23.3 Å². The number of fused-ring (bicyclic) bond motifs is 4. The standard InChI is InChI=1S/C29H44O3/c1-16(2)17(3)8-9-18(4)20-10-11-21-26-24(31)14-22-19(5)23(30)12-13-28(22,6)27(26)25(32)15-29(20,21)7/h16,18-22,24,31H,3,8-15H2,1-2,4-7H3/t18-,19+,20-,21+,22+,24-,28+,29-/m1/s1. The van der Waals surface area contributed by atoms with Crippen molar-refractivity contribution in [3.63, 3.8) is 0 Å². The minimum absolute atomic E-state index is 0.0607. The highest BCUT2D eigenvalue weighted by Crippen LogP contribution is 2.65. The molecule has 1 N–H and O–H groups in total. The number of rotatable bonds is 5. The first-order valence-corrected chi connectivity index (χ1v) is 13.1. The van der Waals surface area contributed by atoms with E-state index in [2.05, 4.69) is 41.2 Å². The van der Waals surface area contributed by atoms with Crippen molar-refractivity contribution in [2.24, 2.45) is 46.3 Å². The van der Waals surface area contributed by atoms with E-state index in [1.165, 1.54) is 5.57 Å². The Kier molecular flexibility index (Phi) is 6.14. The van der Waals surface area contributed by atoms with Crippen molar-refractivity contribution < 1.29 is 14.7 Å². The summed E-state index contributed by atoms with van der Waals surface area (Å²) in [4.78, 5) is 26.3. The van der Waals surface area contributed by atoms with Crippen LogP contribution in [0.2, 0.25) is 0 Å². The summed E-state index contributed by atoms with van der Waals surface area (Å²) in [6.07, 6.45) is 6.41. The van der Waals surface area contributed by atoms with Crippen LogP contribution in [0.5, 0.6) is 0 Å². The van der Waals surface area contributed by atoms with Crippen molar-refractivity contribution in [1.82, 2.24) is 0 Å². The molecule has 3 nitrogen and oxygen atoms in total. The lowest BCUT2D eigenvalue weighted by molar-refractivity contribution is -0.135. The number of aliphatic hydroxyl groups excluding tert-OH is 1. The molecular weight excluding hydrogens is 396 g/mol. The monoisotopic (exact) mass is 440 g/mol.